The summed E-state index contributed by atoms with van der Waals surface area (Å²) >= 11 is 0. The van der Waals surface area contributed by atoms with Gasteiger partial charge < -0.3 is 10.2 Å². The molecule has 0 saturated carbocycles. The number of nitrogens with one attached hydrogen (secondary N) is 1. The van der Waals surface area contributed by atoms with E-state index in [0.29, 0.717) is 6.42 Å². The predicted octanol–water partition coefficient (Wildman–Crippen LogP) is 1.60. The highest BCUT2D eigenvalue weighted by molar-refractivity contribution is 5.75. The number of carbonyl (C=O) groups excluding carboxylic acids is 1. The fourth-order valence-corrected chi connectivity index (χ4v) is 1.75. The van der Waals surface area contributed by atoms with Crippen molar-refractivity contribution >= 4 is 5.91 Å². The molecule has 0 atom stereocenters. The van der Waals surface area contributed by atoms with Crippen LogP contribution < -0.4 is 5.32 Å². The molecular weight excluding hydrogens is 226 g/mol. The van der Waals surface area contributed by atoms with Gasteiger partial charge in [0.15, 0.2) is 0 Å². The van der Waals surface area contributed by atoms with Gasteiger partial charge in [-0.15, -0.1) is 0 Å². The minimum absolute atomic E-state index is 0.184. The van der Waals surface area contributed by atoms with Crippen molar-refractivity contribution in [2.24, 2.45) is 0 Å². The number of aromatic nitrogens is 1. The first-order chi connectivity index (χ1) is 8.65. The number of hydrogen-bond acceptors (Lipinski definition) is 3. The van der Waals surface area contributed by atoms with Gasteiger partial charge in [0.25, 0.3) is 0 Å². The number of hydrogen-bond donors (Lipinski definition) is 1. The van der Waals surface area contributed by atoms with Crippen molar-refractivity contribution in [2.45, 2.75) is 32.7 Å². The van der Waals surface area contributed by atoms with E-state index in [1.165, 1.54) is 5.56 Å². The summed E-state index contributed by atoms with van der Waals surface area (Å²) in [6.07, 6.45) is 4.30. The minimum atomic E-state index is 0.184. The van der Waals surface area contributed by atoms with Crippen molar-refractivity contribution in [3.63, 3.8) is 0 Å². The molecule has 0 bridgehead atoms. The highest BCUT2D eigenvalue weighted by atomic mass is 16.2. The highest BCUT2D eigenvalue weighted by Crippen LogP contribution is 2.05. The van der Waals surface area contributed by atoms with Gasteiger partial charge in [-0.2, -0.15) is 0 Å². The standard InChI is InChI=1S/C14H23N3O/c1-4-12-7-5-10-16-13(12)11-15-9-6-8-14(18)17(2)3/h5,7,10,15H,4,6,8-9,11H2,1-3H3. The van der Waals surface area contributed by atoms with Gasteiger partial charge in [-0.25, -0.2) is 0 Å². The molecule has 18 heavy (non-hydrogen) atoms. The molecule has 0 aliphatic heterocycles. The third kappa shape index (κ3) is 4.84. The van der Waals surface area contributed by atoms with Gasteiger partial charge in [-0.1, -0.05) is 13.0 Å². The van der Waals surface area contributed by atoms with Crippen LogP contribution in [0.2, 0.25) is 0 Å². The summed E-state index contributed by atoms with van der Waals surface area (Å²) in [6.45, 7) is 3.76. The summed E-state index contributed by atoms with van der Waals surface area (Å²) in [5, 5.41) is 3.34. The number of aryl methyl sites for hydroxylation is 1. The Morgan fingerprint density at radius 3 is 2.89 bits per heavy atom. The van der Waals surface area contributed by atoms with E-state index in [1.807, 2.05) is 12.3 Å². The van der Waals surface area contributed by atoms with Crippen LogP contribution in [0.25, 0.3) is 0 Å². The Labute approximate surface area is 109 Å². The molecule has 0 fully saturated rings. The summed E-state index contributed by atoms with van der Waals surface area (Å²) in [6, 6.07) is 4.08. The molecule has 1 aromatic rings. The Hall–Kier alpha value is -1.42. The van der Waals surface area contributed by atoms with E-state index in [9.17, 15) is 4.79 Å². The van der Waals surface area contributed by atoms with E-state index in [0.717, 1.165) is 31.6 Å². The lowest BCUT2D eigenvalue weighted by molar-refractivity contribution is -0.128. The smallest absolute Gasteiger partial charge is 0.222 e. The zero-order chi connectivity index (χ0) is 13.4. The molecule has 1 aromatic heterocycles. The first-order valence-electron chi connectivity index (χ1n) is 6.48. The fraction of sp³-hybridized carbons (Fsp3) is 0.571. The molecule has 0 spiro atoms. The van der Waals surface area contributed by atoms with Gasteiger partial charge >= 0.3 is 0 Å². The molecule has 0 saturated heterocycles. The number of carbonyl (C=O) groups is 1. The third-order valence-electron chi connectivity index (χ3n) is 2.90. The molecule has 0 aliphatic rings. The van der Waals surface area contributed by atoms with E-state index in [4.69, 9.17) is 0 Å². The topological polar surface area (TPSA) is 45.2 Å². The first kappa shape index (κ1) is 14.6. The van der Waals surface area contributed by atoms with Crippen LogP contribution in [0.4, 0.5) is 0 Å². The monoisotopic (exact) mass is 249 g/mol. The molecule has 1 rings (SSSR count). The van der Waals surface area contributed by atoms with Crippen LogP contribution in [0.5, 0.6) is 0 Å². The highest BCUT2D eigenvalue weighted by Gasteiger charge is 2.03. The predicted molar refractivity (Wildman–Crippen MR) is 73.2 cm³/mol. The van der Waals surface area contributed by atoms with Gasteiger partial charge in [0.1, 0.15) is 0 Å². The Bertz CT molecular complexity index is 377. The second kappa shape index (κ2) is 7.82. The zero-order valence-electron chi connectivity index (χ0n) is 11.6. The van der Waals surface area contributed by atoms with Crippen molar-refractivity contribution in [1.29, 1.82) is 0 Å². The van der Waals surface area contributed by atoms with Crippen LogP contribution in [-0.2, 0) is 17.8 Å². The minimum Gasteiger partial charge on any atom is -0.349 e. The molecular formula is C14H23N3O. The summed E-state index contributed by atoms with van der Waals surface area (Å²) in [5.74, 6) is 0.184. The molecule has 0 radical (unpaired) electrons. The third-order valence-corrected chi connectivity index (χ3v) is 2.90. The van der Waals surface area contributed by atoms with E-state index in [-0.39, 0.29) is 5.91 Å². The molecule has 1 amide bonds. The molecule has 4 nitrogen and oxygen atoms in total. The van der Waals surface area contributed by atoms with E-state index >= 15 is 0 Å². The largest absolute Gasteiger partial charge is 0.349 e. The molecule has 1 N–H and O–H groups in total. The molecule has 0 aromatic carbocycles. The van der Waals surface area contributed by atoms with Crippen LogP contribution in [0.3, 0.4) is 0 Å². The second-order valence-corrected chi connectivity index (χ2v) is 4.53. The van der Waals surface area contributed by atoms with Crippen LogP contribution in [0.1, 0.15) is 31.0 Å². The maximum atomic E-state index is 11.4. The van der Waals surface area contributed by atoms with Crippen molar-refractivity contribution in [3.05, 3.63) is 29.6 Å². The van der Waals surface area contributed by atoms with E-state index in [2.05, 4.69) is 23.3 Å². The zero-order valence-corrected chi connectivity index (χ0v) is 11.6. The Balaban J connectivity index is 2.24. The summed E-state index contributed by atoms with van der Waals surface area (Å²) in [7, 11) is 3.58. The van der Waals surface area contributed by atoms with Crippen LogP contribution in [0, 0.1) is 0 Å². The molecule has 0 unspecified atom stereocenters. The van der Waals surface area contributed by atoms with Gasteiger partial charge in [0.2, 0.25) is 5.91 Å². The normalized spacial score (nSPS) is 10.4. The SMILES string of the molecule is CCc1cccnc1CNCCCC(=O)N(C)C. The molecule has 100 valence electrons. The van der Waals surface area contributed by atoms with Gasteiger partial charge in [0, 0.05) is 33.3 Å². The number of rotatable bonds is 7. The summed E-state index contributed by atoms with van der Waals surface area (Å²) in [5.41, 5.74) is 2.40. The molecule has 1 heterocycles. The summed E-state index contributed by atoms with van der Waals surface area (Å²) in [4.78, 5) is 17.4. The number of pyridine rings is 1. The molecule has 4 heteroatoms. The average molecular weight is 249 g/mol. The quantitative estimate of drug-likeness (QED) is 0.747. The summed E-state index contributed by atoms with van der Waals surface area (Å²) < 4.78 is 0. The van der Waals surface area contributed by atoms with Crippen molar-refractivity contribution < 1.29 is 4.79 Å². The van der Waals surface area contributed by atoms with Crippen LogP contribution in [0.15, 0.2) is 18.3 Å². The average Bonchev–Trinajstić information content (AvgIpc) is 2.38. The van der Waals surface area contributed by atoms with Crippen molar-refractivity contribution in [1.82, 2.24) is 15.2 Å². The second-order valence-electron chi connectivity index (χ2n) is 4.53. The van der Waals surface area contributed by atoms with Gasteiger partial charge in [0.05, 0.1) is 5.69 Å². The maximum Gasteiger partial charge on any atom is 0.222 e. The maximum absolute atomic E-state index is 11.4. The van der Waals surface area contributed by atoms with Gasteiger partial charge in [-0.05, 0) is 31.0 Å². The Morgan fingerprint density at radius 2 is 2.22 bits per heavy atom. The lowest BCUT2D eigenvalue weighted by atomic mass is 10.1. The number of nitrogens with zero attached hydrogens (tertiary/aromatic N) is 2. The fourth-order valence-electron chi connectivity index (χ4n) is 1.75. The molecule has 0 aliphatic carbocycles. The number of amides is 1. The Morgan fingerprint density at radius 1 is 1.44 bits per heavy atom. The Kier molecular flexibility index (Phi) is 6.36. The van der Waals surface area contributed by atoms with E-state index < -0.39 is 0 Å². The van der Waals surface area contributed by atoms with Gasteiger partial charge in [-0.3, -0.25) is 9.78 Å². The van der Waals surface area contributed by atoms with Crippen molar-refractivity contribution in [3.8, 4) is 0 Å². The van der Waals surface area contributed by atoms with Crippen molar-refractivity contribution in [2.75, 3.05) is 20.6 Å². The lowest BCUT2D eigenvalue weighted by Gasteiger charge is -2.10. The lowest BCUT2D eigenvalue weighted by Crippen LogP contribution is -2.23. The van der Waals surface area contributed by atoms with E-state index in [1.54, 1.807) is 19.0 Å². The van der Waals surface area contributed by atoms with Crippen LogP contribution >= 0.6 is 0 Å². The first-order valence-corrected chi connectivity index (χ1v) is 6.48. The van der Waals surface area contributed by atoms with Crippen LogP contribution in [-0.4, -0.2) is 36.4 Å².